The van der Waals surface area contributed by atoms with Gasteiger partial charge in [0.25, 0.3) is 0 Å². The van der Waals surface area contributed by atoms with Gasteiger partial charge in [-0.25, -0.2) is 0 Å². The molecule has 2 aliphatic rings. The summed E-state index contributed by atoms with van der Waals surface area (Å²) in [5, 5.41) is 8.28. The Morgan fingerprint density at radius 1 is 1.39 bits per heavy atom. The summed E-state index contributed by atoms with van der Waals surface area (Å²) in [7, 11) is 2.23. The lowest BCUT2D eigenvalue weighted by molar-refractivity contribution is 0.127. The van der Waals surface area contributed by atoms with Gasteiger partial charge in [0.1, 0.15) is 0 Å². The van der Waals surface area contributed by atoms with Gasteiger partial charge < -0.3 is 4.84 Å². The number of rotatable bonds is 3. The second-order valence-electron chi connectivity index (χ2n) is 5.17. The van der Waals surface area contributed by atoms with Crippen molar-refractivity contribution in [2.24, 2.45) is 5.16 Å². The number of hydrogen-bond acceptors (Lipinski definition) is 6. The highest BCUT2D eigenvalue weighted by molar-refractivity contribution is 7.05. The molecule has 3 rings (SSSR count). The van der Waals surface area contributed by atoms with Crippen LogP contribution in [0.1, 0.15) is 36.3 Å². The average Bonchev–Trinajstić information content (AvgIpc) is 2.82. The van der Waals surface area contributed by atoms with Gasteiger partial charge >= 0.3 is 0 Å². The Hall–Kier alpha value is -1.01. The lowest BCUT2D eigenvalue weighted by atomic mass is 10.0. The van der Waals surface area contributed by atoms with Crippen molar-refractivity contribution in [3.63, 3.8) is 0 Å². The third-order valence-electron chi connectivity index (χ3n) is 4.06. The predicted octanol–water partition coefficient (Wildman–Crippen LogP) is 1.98. The van der Waals surface area contributed by atoms with Crippen molar-refractivity contribution in [3.05, 3.63) is 10.6 Å². The second-order valence-corrected chi connectivity index (χ2v) is 6.01. The van der Waals surface area contributed by atoms with Gasteiger partial charge in [-0.1, -0.05) is 9.64 Å². The third-order valence-corrected chi connectivity index (χ3v) is 4.86. The fourth-order valence-corrected chi connectivity index (χ4v) is 3.39. The SMILES string of the molecule is Cc1nnsc1CON=C1CC2CCC(C1)N2C. The molecule has 0 saturated carbocycles. The molecule has 2 aliphatic heterocycles. The number of aromatic nitrogens is 2. The molecule has 18 heavy (non-hydrogen) atoms. The molecule has 0 N–H and O–H groups in total. The zero-order valence-electron chi connectivity index (χ0n) is 10.8. The van der Waals surface area contributed by atoms with E-state index in [0.717, 1.165) is 23.4 Å². The molecule has 0 spiro atoms. The lowest BCUT2D eigenvalue weighted by Crippen LogP contribution is -2.40. The van der Waals surface area contributed by atoms with Crippen molar-refractivity contribution in [2.45, 2.75) is 51.3 Å². The molecule has 98 valence electrons. The molecule has 2 atom stereocenters. The molecule has 6 heteroatoms. The van der Waals surface area contributed by atoms with E-state index in [1.54, 1.807) is 0 Å². The highest BCUT2D eigenvalue weighted by Gasteiger charge is 2.36. The van der Waals surface area contributed by atoms with E-state index < -0.39 is 0 Å². The normalized spacial score (nSPS) is 27.6. The van der Waals surface area contributed by atoms with E-state index in [2.05, 4.69) is 26.7 Å². The van der Waals surface area contributed by atoms with E-state index in [-0.39, 0.29) is 0 Å². The van der Waals surface area contributed by atoms with Gasteiger partial charge in [0.15, 0.2) is 6.61 Å². The molecule has 1 aromatic heterocycles. The summed E-state index contributed by atoms with van der Waals surface area (Å²) in [6, 6.07) is 1.36. The van der Waals surface area contributed by atoms with E-state index in [1.807, 2.05) is 6.92 Å². The summed E-state index contributed by atoms with van der Waals surface area (Å²) in [6.07, 6.45) is 4.73. The van der Waals surface area contributed by atoms with Gasteiger partial charge in [0, 0.05) is 24.9 Å². The Labute approximate surface area is 111 Å². The minimum absolute atomic E-state index is 0.498. The quantitative estimate of drug-likeness (QED) is 0.785. The molecule has 1 aromatic rings. The molecule has 2 saturated heterocycles. The number of fused-ring (bicyclic) bond motifs is 2. The van der Waals surface area contributed by atoms with Gasteiger partial charge in [-0.15, -0.1) is 5.10 Å². The second kappa shape index (κ2) is 4.93. The molecule has 0 radical (unpaired) electrons. The summed E-state index contributed by atoms with van der Waals surface area (Å²) in [5.41, 5.74) is 2.17. The molecule has 0 amide bonds. The summed E-state index contributed by atoms with van der Waals surface area (Å²) >= 11 is 1.39. The first kappa shape index (κ1) is 12.0. The number of nitrogens with zero attached hydrogens (tertiary/aromatic N) is 4. The van der Waals surface area contributed by atoms with E-state index in [9.17, 15) is 0 Å². The van der Waals surface area contributed by atoms with E-state index in [4.69, 9.17) is 4.84 Å². The molecule has 2 unspecified atom stereocenters. The topological polar surface area (TPSA) is 50.6 Å². The predicted molar refractivity (Wildman–Crippen MR) is 70.7 cm³/mol. The first-order valence-corrected chi connectivity index (χ1v) is 7.19. The van der Waals surface area contributed by atoms with Crippen molar-refractivity contribution in [1.82, 2.24) is 14.5 Å². The Kier molecular flexibility index (Phi) is 3.30. The standard InChI is InChI=1S/C12H18N4OS/c1-8-12(18-15-13-8)7-17-14-9-5-10-3-4-11(6-9)16(10)2/h10-11H,3-7H2,1-2H3. The van der Waals surface area contributed by atoms with Gasteiger partial charge in [-0.3, -0.25) is 4.90 Å². The molecular weight excluding hydrogens is 248 g/mol. The molecule has 2 fully saturated rings. The van der Waals surface area contributed by atoms with E-state index >= 15 is 0 Å². The summed E-state index contributed by atoms with van der Waals surface area (Å²) in [4.78, 5) is 9.02. The lowest BCUT2D eigenvalue weighted by Gasteiger charge is -2.31. The van der Waals surface area contributed by atoms with E-state index in [1.165, 1.54) is 30.1 Å². The van der Waals surface area contributed by atoms with Crippen LogP contribution in [0.25, 0.3) is 0 Å². The zero-order chi connectivity index (χ0) is 12.5. The van der Waals surface area contributed by atoms with Gasteiger partial charge in [-0.2, -0.15) is 0 Å². The van der Waals surface area contributed by atoms with Crippen molar-refractivity contribution in [1.29, 1.82) is 0 Å². The number of aryl methyl sites for hydroxylation is 1. The van der Waals surface area contributed by atoms with Crippen LogP contribution in [-0.2, 0) is 11.4 Å². The van der Waals surface area contributed by atoms with Crippen molar-refractivity contribution >= 4 is 17.2 Å². The van der Waals surface area contributed by atoms with Crippen molar-refractivity contribution < 1.29 is 4.84 Å². The fourth-order valence-electron chi connectivity index (χ4n) is 2.85. The van der Waals surface area contributed by atoms with Crippen LogP contribution < -0.4 is 0 Å². The maximum absolute atomic E-state index is 5.46. The smallest absolute Gasteiger partial charge is 0.154 e. The minimum atomic E-state index is 0.498. The maximum atomic E-state index is 5.46. The Bertz CT molecular complexity index is 443. The van der Waals surface area contributed by atoms with Crippen LogP contribution in [0.2, 0.25) is 0 Å². The Morgan fingerprint density at radius 2 is 2.11 bits per heavy atom. The number of oxime groups is 1. The fraction of sp³-hybridized carbons (Fsp3) is 0.750. The molecular formula is C12H18N4OS. The van der Waals surface area contributed by atoms with E-state index in [0.29, 0.717) is 18.7 Å². The van der Waals surface area contributed by atoms with Crippen LogP contribution in [0, 0.1) is 6.92 Å². The maximum Gasteiger partial charge on any atom is 0.154 e. The first-order valence-electron chi connectivity index (χ1n) is 6.41. The summed E-state index contributed by atoms with van der Waals surface area (Å²) in [5.74, 6) is 0. The van der Waals surface area contributed by atoms with Crippen LogP contribution in [0.4, 0.5) is 0 Å². The highest BCUT2D eigenvalue weighted by atomic mass is 32.1. The van der Waals surface area contributed by atoms with Crippen LogP contribution >= 0.6 is 11.5 Å². The van der Waals surface area contributed by atoms with Crippen LogP contribution in [-0.4, -0.2) is 39.3 Å². The van der Waals surface area contributed by atoms with Crippen molar-refractivity contribution in [3.8, 4) is 0 Å². The molecule has 0 aliphatic carbocycles. The third kappa shape index (κ3) is 2.27. The number of piperidine rings is 1. The largest absolute Gasteiger partial charge is 0.390 e. The number of hydrogen-bond donors (Lipinski definition) is 0. The minimum Gasteiger partial charge on any atom is -0.390 e. The Morgan fingerprint density at radius 3 is 2.72 bits per heavy atom. The Balaban J connectivity index is 1.56. The zero-order valence-corrected chi connectivity index (χ0v) is 11.6. The molecule has 2 bridgehead atoms. The molecule has 5 nitrogen and oxygen atoms in total. The van der Waals surface area contributed by atoms with Gasteiger partial charge in [-0.05, 0) is 38.3 Å². The van der Waals surface area contributed by atoms with Gasteiger partial charge in [0.2, 0.25) is 0 Å². The average molecular weight is 266 g/mol. The van der Waals surface area contributed by atoms with Gasteiger partial charge in [0.05, 0.1) is 16.3 Å². The first-order chi connectivity index (χ1) is 8.74. The van der Waals surface area contributed by atoms with Crippen LogP contribution in [0.5, 0.6) is 0 Å². The molecule has 0 aromatic carbocycles. The monoisotopic (exact) mass is 266 g/mol. The van der Waals surface area contributed by atoms with Crippen LogP contribution in [0.15, 0.2) is 5.16 Å². The summed E-state index contributed by atoms with van der Waals surface area (Å²) in [6.45, 7) is 2.45. The van der Waals surface area contributed by atoms with Crippen molar-refractivity contribution in [2.75, 3.05) is 7.05 Å². The summed E-state index contributed by atoms with van der Waals surface area (Å²) < 4.78 is 3.89. The molecule has 3 heterocycles. The highest BCUT2D eigenvalue weighted by Crippen LogP contribution is 2.32. The van der Waals surface area contributed by atoms with Crippen LogP contribution in [0.3, 0.4) is 0 Å².